The average molecular weight is 374 g/mol. The minimum atomic E-state index is -0.685. The van der Waals surface area contributed by atoms with Gasteiger partial charge in [0, 0.05) is 0 Å². The first-order chi connectivity index (χ1) is 13.3. The molecule has 5 nitrogen and oxygen atoms in total. The van der Waals surface area contributed by atoms with Gasteiger partial charge < -0.3 is 0 Å². The molecule has 0 bridgehead atoms. The molecule has 0 fully saturated rings. The van der Waals surface area contributed by atoms with Crippen LogP contribution in [-0.4, -0.2) is 17.7 Å². The van der Waals surface area contributed by atoms with E-state index in [1.807, 2.05) is 54.6 Å². The fourth-order valence-electron chi connectivity index (χ4n) is 2.97. The second-order valence-corrected chi connectivity index (χ2v) is 7.97. The number of carbonyl (C=O) groups is 1. The van der Waals surface area contributed by atoms with E-state index in [1.54, 1.807) is 6.92 Å². The predicted molar refractivity (Wildman–Crippen MR) is 114 cm³/mol. The number of nitrogens with zero attached hydrogens (tertiary/aromatic N) is 4. The summed E-state index contributed by atoms with van der Waals surface area (Å²) in [7, 11) is 0. The van der Waals surface area contributed by atoms with Crippen LogP contribution in [0.5, 0.6) is 0 Å². The van der Waals surface area contributed by atoms with Crippen molar-refractivity contribution in [1.82, 2.24) is 0 Å². The van der Waals surface area contributed by atoms with Gasteiger partial charge in [-0.15, -0.1) is 6.58 Å². The molecule has 5 heteroatoms. The zero-order chi connectivity index (χ0) is 20.3. The van der Waals surface area contributed by atoms with Crippen LogP contribution >= 0.6 is 0 Å². The molecule has 1 amide bonds. The maximum atomic E-state index is 12.8. The van der Waals surface area contributed by atoms with Crippen LogP contribution in [0.2, 0.25) is 0 Å². The predicted octanol–water partition coefficient (Wildman–Crippen LogP) is 5.59. The van der Waals surface area contributed by atoms with E-state index in [-0.39, 0.29) is 11.3 Å². The number of hydrogen-bond donors (Lipinski definition) is 0. The third-order valence-corrected chi connectivity index (χ3v) is 4.68. The van der Waals surface area contributed by atoms with Gasteiger partial charge in [-0.1, -0.05) is 51.1 Å². The molecule has 1 aliphatic rings. The normalized spacial score (nSPS) is 17.3. The molecule has 1 aliphatic heterocycles. The number of hydrazone groups is 1. The number of rotatable bonds is 5. The van der Waals surface area contributed by atoms with E-state index in [0.29, 0.717) is 5.71 Å². The summed E-state index contributed by atoms with van der Waals surface area (Å²) >= 11 is 0. The molecular weight excluding hydrogens is 348 g/mol. The van der Waals surface area contributed by atoms with E-state index in [0.717, 1.165) is 23.4 Å². The maximum Gasteiger partial charge on any atom is 0.280 e. The van der Waals surface area contributed by atoms with E-state index in [9.17, 15) is 4.79 Å². The average Bonchev–Trinajstić information content (AvgIpc) is 2.94. The standard InChI is InChI=1S/C23H26N4O/c1-6-7-17-8-14-20(15-9-17)27-22(28)21(16(2)26-27)25-24-19-12-10-18(11-13-19)23(3,4)5/h6,8-15,21H,1,7H2,2-5H3. The highest BCUT2D eigenvalue weighted by Crippen LogP contribution is 2.26. The Kier molecular flexibility index (Phi) is 5.54. The van der Waals surface area contributed by atoms with Crippen LogP contribution in [0.1, 0.15) is 38.8 Å². The van der Waals surface area contributed by atoms with E-state index in [2.05, 4.69) is 42.7 Å². The number of carbonyl (C=O) groups excluding carboxylic acids is 1. The number of anilines is 1. The van der Waals surface area contributed by atoms with Crippen LogP contribution in [0.3, 0.4) is 0 Å². The van der Waals surface area contributed by atoms with Crippen molar-refractivity contribution in [3.8, 4) is 0 Å². The van der Waals surface area contributed by atoms with Gasteiger partial charge in [0.05, 0.1) is 17.1 Å². The van der Waals surface area contributed by atoms with E-state index in [1.165, 1.54) is 10.6 Å². The lowest BCUT2D eigenvalue weighted by Crippen LogP contribution is -2.29. The fourth-order valence-corrected chi connectivity index (χ4v) is 2.97. The first kappa shape index (κ1) is 19.7. The molecule has 1 heterocycles. The molecule has 0 aromatic heterocycles. The summed E-state index contributed by atoms with van der Waals surface area (Å²) in [6.07, 6.45) is 2.64. The summed E-state index contributed by atoms with van der Waals surface area (Å²) in [5, 5.41) is 14.3. The summed E-state index contributed by atoms with van der Waals surface area (Å²) in [6, 6.07) is 15.0. The Hall–Kier alpha value is -3.08. The van der Waals surface area contributed by atoms with E-state index >= 15 is 0 Å². The van der Waals surface area contributed by atoms with Crippen molar-refractivity contribution in [2.24, 2.45) is 15.3 Å². The number of allylic oxidation sites excluding steroid dienone is 1. The van der Waals surface area contributed by atoms with Gasteiger partial charge >= 0.3 is 0 Å². The summed E-state index contributed by atoms with van der Waals surface area (Å²) in [5.41, 5.74) is 4.54. The van der Waals surface area contributed by atoms with Crippen molar-refractivity contribution < 1.29 is 4.79 Å². The van der Waals surface area contributed by atoms with Crippen LogP contribution < -0.4 is 5.01 Å². The fraction of sp³-hybridized carbons (Fsp3) is 0.304. The van der Waals surface area contributed by atoms with Crippen molar-refractivity contribution in [2.75, 3.05) is 5.01 Å². The lowest BCUT2D eigenvalue weighted by atomic mass is 9.87. The monoisotopic (exact) mass is 374 g/mol. The highest BCUT2D eigenvalue weighted by molar-refractivity contribution is 6.18. The molecule has 0 saturated heterocycles. The van der Waals surface area contributed by atoms with Crippen LogP contribution in [0.15, 0.2) is 76.5 Å². The number of hydrogen-bond acceptors (Lipinski definition) is 4. The molecule has 1 atom stereocenters. The zero-order valence-electron chi connectivity index (χ0n) is 16.9. The van der Waals surface area contributed by atoms with Crippen LogP contribution in [-0.2, 0) is 16.6 Å². The smallest absolute Gasteiger partial charge is 0.269 e. The van der Waals surface area contributed by atoms with Gasteiger partial charge in [0.25, 0.3) is 5.91 Å². The summed E-state index contributed by atoms with van der Waals surface area (Å²) in [6.45, 7) is 12.0. The van der Waals surface area contributed by atoms with Crippen LogP contribution in [0, 0.1) is 0 Å². The molecule has 144 valence electrons. The quantitative estimate of drug-likeness (QED) is 0.497. The van der Waals surface area contributed by atoms with Gasteiger partial charge in [-0.2, -0.15) is 20.3 Å². The minimum Gasteiger partial charge on any atom is -0.269 e. The Morgan fingerprint density at radius 1 is 1.11 bits per heavy atom. The summed E-state index contributed by atoms with van der Waals surface area (Å²) in [4.78, 5) is 12.8. The number of benzene rings is 2. The third kappa shape index (κ3) is 4.25. The SMILES string of the molecule is C=CCc1ccc(N2N=C(C)C(N=Nc3ccc(C(C)(C)C)cc3)C2=O)cc1. The highest BCUT2D eigenvalue weighted by Gasteiger charge is 2.34. The molecule has 0 aliphatic carbocycles. The number of azo groups is 1. The minimum absolute atomic E-state index is 0.0854. The second kappa shape index (κ2) is 7.89. The highest BCUT2D eigenvalue weighted by atomic mass is 16.2. The van der Waals surface area contributed by atoms with Gasteiger partial charge in [-0.3, -0.25) is 4.79 Å². The molecule has 2 aromatic carbocycles. The maximum absolute atomic E-state index is 12.8. The van der Waals surface area contributed by atoms with Gasteiger partial charge in [0.1, 0.15) is 0 Å². The Balaban J connectivity index is 1.73. The van der Waals surface area contributed by atoms with Crippen LogP contribution in [0.25, 0.3) is 0 Å². The Labute approximate surface area is 166 Å². The summed E-state index contributed by atoms with van der Waals surface area (Å²) in [5.74, 6) is -0.191. The Morgan fingerprint density at radius 2 is 1.75 bits per heavy atom. The largest absolute Gasteiger partial charge is 0.280 e. The number of amides is 1. The lowest BCUT2D eigenvalue weighted by molar-refractivity contribution is -0.117. The topological polar surface area (TPSA) is 57.4 Å². The molecule has 0 saturated carbocycles. The van der Waals surface area contributed by atoms with Gasteiger partial charge in [-0.05, 0) is 54.2 Å². The van der Waals surface area contributed by atoms with Gasteiger partial charge in [-0.25, -0.2) is 0 Å². The van der Waals surface area contributed by atoms with Crippen molar-refractivity contribution in [2.45, 2.75) is 45.6 Å². The molecular formula is C23H26N4O. The van der Waals surface area contributed by atoms with Gasteiger partial charge in [0.2, 0.25) is 0 Å². The molecule has 28 heavy (non-hydrogen) atoms. The second-order valence-electron chi connectivity index (χ2n) is 7.97. The van der Waals surface area contributed by atoms with Crippen molar-refractivity contribution in [3.63, 3.8) is 0 Å². The molecule has 1 unspecified atom stereocenters. The lowest BCUT2D eigenvalue weighted by Gasteiger charge is -2.18. The molecule has 2 aromatic rings. The first-order valence-corrected chi connectivity index (χ1v) is 9.40. The zero-order valence-corrected chi connectivity index (χ0v) is 16.9. The molecule has 0 radical (unpaired) electrons. The van der Waals surface area contributed by atoms with Crippen LogP contribution in [0.4, 0.5) is 11.4 Å². The molecule has 3 rings (SSSR count). The first-order valence-electron chi connectivity index (χ1n) is 9.40. The Bertz CT molecular complexity index is 919. The van der Waals surface area contributed by atoms with E-state index < -0.39 is 6.04 Å². The van der Waals surface area contributed by atoms with Crippen molar-refractivity contribution in [1.29, 1.82) is 0 Å². The molecule has 0 spiro atoms. The van der Waals surface area contributed by atoms with Crippen molar-refractivity contribution >= 4 is 23.0 Å². The van der Waals surface area contributed by atoms with Gasteiger partial charge in [0.15, 0.2) is 6.04 Å². The third-order valence-electron chi connectivity index (χ3n) is 4.68. The van der Waals surface area contributed by atoms with E-state index in [4.69, 9.17) is 0 Å². The Morgan fingerprint density at radius 3 is 2.32 bits per heavy atom. The van der Waals surface area contributed by atoms with Crippen molar-refractivity contribution in [3.05, 3.63) is 72.3 Å². The molecule has 0 N–H and O–H groups in total. The summed E-state index contributed by atoms with van der Waals surface area (Å²) < 4.78 is 0.